The Kier molecular flexibility index (Phi) is 2.60. The Morgan fingerprint density at radius 1 is 1.44 bits per heavy atom. The van der Waals surface area contributed by atoms with Crippen molar-refractivity contribution in [2.24, 2.45) is 5.92 Å². The van der Waals surface area contributed by atoms with Crippen LogP contribution >= 0.6 is 0 Å². The van der Waals surface area contributed by atoms with Crippen LogP contribution in [0, 0.1) is 11.7 Å². The minimum Gasteiger partial charge on any atom is -0.481 e. The van der Waals surface area contributed by atoms with Crippen LogP contribution in [-0.4, -0.2) is 23.7 Å². The summed E-state index contributed by atoms with van der Waals surface area (Å²) in [4.78, 5) is 22.1. The predicted molar refractivity (Wildman–Crippen MR) is 51.2 cm³/mol. The Bertz CT molecular complexity index is 443. The average Bonchev–Trinajstić information content (AvgIpc) is 2.61. The van der Waals surface area contributed by atoms with E-state index in [9.17, 15) is 14.0 Å². The number of carbonyl (C=O) groups excluding carboxylic acids is 1. The topological polar surface area (TPSA) is 63.6 Å². The lowest BCUT2D eigenvalue weighted by molar-refractivity contribution is -0.152. The zero-order chi connectivity index (χ0) is 11.7. The molecular formula is C11H9FO4. The molecule has 1 aromatic rings. The monoisotopic (exact) mass is 224 g/mol. The molecule has 0 aromatic heterocycles. The summed E-state index contributed by atoms with van der Waals surface area (Å²) in [5, 5.41) is 8.88. The van der Waals surface area contributed by atoms with Gasteiger partial charge < -0.3 is 9.84 Å². The van der Waals surface area contributed by atoms with Crippen molar-refractivity contribution >= 4 is 11.9 Å². The zero-order valence-corrected chi connectivity index (χ0v) is 8.22. The number of rotatable bonds is 2. The summed E-state index contributed by atoms with van der Waals surface area (Å²) in [6.07, 6.45) is 0. The van der Waals surface area contributed by atoms with Crippen molar-refractivity contribution in [1.82, 2.24) is 0 Å². The molecule has 1 aromatic carbocycles. The van der Waals surface area contributed by atoms with E-state index in [1.165, 1.54) is 18.2 Å². The maximum atomic E-state index is 13.4. The van der Waals surface area contributed by atoms with Crippen LogP contribution in [0.15, 0.2) is 24.3 Å². The maximum absolute atomic E-state index is 13.4. The van der Waals surface area contributed by atoms with Crippen molar-refractivity contribution < 1.29 is 23.8 Å². The summed E-state index contributed by atoms with van der Waals surface area (Å²) in [5.41, 5.74) is 0.209. The van der Waals surface area contributed by atoms with Crippen LogP contribution in [0.3, 0.4) is 0 Å². The highest BCUT2D eigenvalue weighted by molar-refractivity contribution is 5.96. The molecule has 84 valence electrons. The Morgan fingerprint density at radius 3 is 2.75 bits per heavy atom. The Balaban J connectivity index is 2.38. The molecule has 0 spiro atoms. The summed E-state index contributed by atoms with van der Waals surface area (Å²) in [6, 6.07) is 5.81. The minimum atomic E-state index is -1.31. The fourth-order valence-electron chi connectivity index (χ4n) is 1.84. The van der Waals surface area contributed by atoms with Crippen molar-refractivity contribution in [3.05, 3.63) is 35.6 Å². The number of benzene rings is 1. The van der Waals surface area contributed by atoms with Gasteiger partial charge in [0, 0.05) is 5.92 Å². The van der Waals surface area contributed by atoms with Crippen LogP contribution in [0.25, 0.3) is 0 Å². The van der Waals surface area contributed by atoms with Crippen molar-refractivity contribution in [3.8, 4) is 0 Å². The first-order valence-corrected chi connectivity index (χ1v) is 4.75. The second-order valence-corrected chi connectivity index (χ2v) is 3.57. The fourth-order valence-corrected chi connectivity index (χ4v) is 1.84. The zero-order valence-electron chi connectivity index (χ0n) is 8.22. The van der Waals surface area contributed by atoms with Gasteiger partial charge in [-0.15, -0.1) is 0 Å². The van der Waals surface area contributed by atoms with Gasteiger partial charge in [0.15, 0.2) is 5.92 Å². The molecule has 1 fully saturated rings. The van der Waals surface area contributed by atoms with Gasteiger partial charge in [0.05, 0.1) is 6.61 Å². The van der Waals surface area contributed by atoms with Crippen molar-refractivity contribution in [2.45, 2.75) is 5.92 Å². The molecule has 0 bridgehead atoms. The van der Waals surface area contributed by atoms with Crippen LogP contribution in [0.1, 0.15) is 11.5 Å². The van der Waals surface area contributed by atoms with Crippen molar-refractivity contribution in [1.29, 1.82) is 0 Å². The van der Waals surface area contributed by atoms with Gasteiger partial charge in [-0.05, 0) is 11.6 Å². The van der Waals surface area contributed by atoms with Gasteiger partial charge >= 0.3 is 11.9 Å². The van der Waals surface area contributed by atoms with E-state index in [1.807, 2.05) is 0 Å². The maximum Gasteiger partial charge on any atom is 0.321 e. The third-order valence-corrected chi connectivity index (χ3v) is 2.63. The number of carbonyl (C=O) groups is 2. The normalized spacial score (nSPS) is 24.2. The van der Waals surface area contributed by atoms with Gasteiger partial charge in [-0.1, -0.05) is 18.2 Å². The van der Waals surface area contributed by atoms with Gasteiger partial charge in [-0.3, -0.25) is 9.59 Å². The molecule has 0 saturated carbocycles. The highest BCUT2D eigenvalue weighted by Gasteiger charge is 2.44. The molecule has 1 saturated heterocycles. The number of hydrogen-bond donors (Lipinski definition) is 1. The molecule has 1 aliphatic rings. The molecule has 0 aliphatic carbocycles. The summed E-state index contributed by atoms with van der Waals surface area (Å²) in [5.74, 6) is -4.66. The van der Waals surface area contributed by atoms with Gasteiger partial charge in [-0.25, -0.2) is 4.39 Å². The molecule has 1 N–H and O–H groups in total. The second-order valence-electron chi connectivity index (χ2n) is 3.57. The van der Waals surface area contributed by atoms with Crippen LogP contribution < -0.4 is 0 Å². The van der Waals surface area contributed by atoms with E-state index in [0.717, 1.165) is 0 Å². The Labute approximate surface area is 90.6 Å². The summed E-state index contributed by atoms with van der Waals surface area (Å²) in [6.45, 7) is -0.0866. The van der Waals surface area contributed by atoms with Gasteiger partial charge in [0.1, 0.15) is 5.82 Å². The van der Waals surface area contributed by atoms with Crippen LogP contribution in [0.5, 0.6) is 0 Å². The highest BCUT2D eigenvalue weighted by Crippen LogP contribution is 2.33. The number of aliphatic carboxylic acids is 1. The summed E-state index contributed by atoms with van der Waals surface area (Å²) < 4.78 is 18.1. The lowest BCUT2D eigenvalue weighted by atomic mass is 9.88. The van der Waals surface area contributed by atoms with Gasteiger partial charge in [-0.2, -0.15) is 0 Å². The number of halogens is 1. The Morgan fingerprint density at radius 2 is 2.12 bits per heavy atom. The van der Waals surface area contributed by atoms with E-state index < -0.39 is 29.6 Å². The number of ether oxygens (including phenoxy) is 1. The van der Waals surface area contributed by atoms with E-state index in [1.54, 1.807) is 6.07 Å². The lowest BCUT2D eigenvalue weighted by Gasteiger charge is -2.12. The van der Waals surface area contributed by atoms with Crippen LogP contribution in [-0.2, 0) is 14.3 Å². The van der Waals surface area contributed by atoms with E-state index in [0.29, 0.717) is 0 Å². The molecule has 0 unspecified atom stereocenters. The largest absolute Gasteiger partial charge is 0.481 e. The third kappa shape index (κ3) is 1.64. The third-order valence-electron chi connectivity index (χ3n) is 2.63. The molecule has 0 amide bonds. The summed E-state index contributed by atoms with van der Waals surface area (Å²) >= 11 is 0. The fraction of sp³-hybridized carbons (Fsp3) is 0.273. The van der Waals surface area contributed by atoms with E-state index in [4.69, 9.17) is 5.11 Å². The van der Waals surface area contributed by atoms with E-state index >= 15 is 0 Å². The molecule has 2 rings (SSSR count). The first-order valence-electron chi connectivity index (χ1n) is 4.75. The lowest BCUT2D eigenvalue weighted by Crippen LogP contribution is -2.24. The smallest absolute Gasteiger partial charge is 0.321 e. The quantitative estimate of drug-likeness (QED) is 0.605. The SMILES string of the molecule is O=C(O)[C@@H]1C(=O)OC[C@H]1c1ccccc1F. The minimum absolute atomic E-state index is 0.0866. The molecule has 5 heteroatoms. The molecule has 16 heavy (non-hydrogen) atoms. The van der Waals surface area contributed by atoms with Crippen LogP contribution in [0.4, 0.5) is 4.39 Å². The predicted octanol–water partition coefficient (Wildman–Crippen LogP) is 1.17. The highest BCUT2D eigenvalue weighted by atomic mass is 19.1. The van der Waals surface area contributed by atoms with Gasteiger partial charge in [0.25, 0.3) is 0 Å². The molecular weight excluding hydrogens is 215 g/mol. The summed E-state index contributed by atoms with van der Waals surface area (Å²) in [7, 11) is 0. The first-order chi connectivity index (χ1) is 7.61. The van der Waals surface area contributed by atoms with Crippen molar-refractivity contribution in [3.63, 3.8) is 0 Å². The number of hydrogen-bond acceptors (Lipinski definition) is 3. The number of carboxylic acid groups (broad SMARTS) is 1. The second kappa shape index (κ2) is 3.92. The average molecular weight is 224 g/mol. The van der Waals surface area contributed by atoms with Crippen LogP contribution in [0.2, 0.25) is 0 Å². The standard InChI is InChI=1S/C11H9FO4/c12-8-4-2-1-3-6(8)7-5-16-11(15)9(7)10(13)14/h1-4,7,9H,5H2,(H,13,14)/t7-,9+/m0/s1. The molecule has 0 radical (unpaired) electrons. The van der Waals surface area contributed by atoms with E-state index in [2.05, 4.69) is 4.74 Å². The first kappa shape index (κ1) is 10.6. The van der Waals surface area contributed by atoms with Gasteiger partial charge in [0.2, 0.25) is 0 Å². The molecule has 2 atom stereocenters. The number of cyclic esters (lactones) is 1. The number of esters is 1. The molecule has 4 nitrogen and oxygen atoms in total. The molecule has 1 heterocycles. The van der Waals surface area contributed by atoms with Crippen molar-refractivity contribution in [2.75, 3.05) is 6.61 Å². The Hall–Kier alpha value is -1.91. The van der Waals surface area contributed by atoms with E-state index in [-0.39, 0.29) is 12.2 Å². The number of carboxylic acids is 1. The molecule has 1 aliphatic heterocycles.